The zero-order valence-corrected chi connectivity index (χ0v) is 11.9. The summed E-state index contributed by atoms with van der Waals surface area (Å²) in [6.07, 6.45) is 5.53. The Hall–Kier alpha value is -2.15. The molecule has 1 aromatic heterocycles. The molecule has 0 atom stereocenters. The summed E-state index contributed by atoms with van der Waals surface area (Å²) in [6.45, 7) is 0. The Bertz CT molecular complexity index is 742. The Morgan fingerprint density at radius 1 is 1.24 bits per heavy atom. The second-order valence-corrected chi connectivity index (χ2v) is 6.77. The summed E-state index contributed by atoms with van der Waals surface area (Å²) in [6, 6.07) is 9.04. The SMILES string of the molecule is NC(=O)C1=Cc2c(Cc3cccnc3)cccc2S1(O)O. The molecule has 2 aromatic rings. The van der Waals surface area contributed by atoms with E-state index in [-0.39, 0.29) is 4.91 Å². The van der Waals surface area contributed by atoms with E-state index >= 15 is 0 Å². The van der Waals surface area contributed by atoms with Crippen LogP contribution in [0.5, 0.6) is 0 Å². The number of fused-ring (bicyclic) bond motifs is 1. The van der Waals surface area contributed by atoms with Crippen molar-refractivity contribution in [2.45, 2.75) is 11.3 Å². The van der Waals surface area contributed by atoms with Crippen molar-refractivity contribution in [3.05, 3.63) is 64.3 Å². The minimum Gasteiger partial charge on any atom is -0.364 e. The zero-order chi connectivity index (χ0) is 15.0. The van der Waals surface area contributed by atoms with Gasteiger partial charge in [-0.1, -0.05) is 18.2 Å². The van der Waals surface area contributed by atoms with Gasteiger partial charge in [0.15, 0.2) is 0 Å². The number of hydrogen-bond donors (Lipinski definition) is 3. The largest absolute Gasteiger partial charge is 0.364 e. The van der Waals surface area contributed by atoms with E-state index in [2.05, 4.69) is 4.98 Å². The third kappa shape index (κ3) is 2.33. The third-order valence-electron chi connectivity index (χ3n) is 3.41. The van der Waals surface area contributed by atoms with Crippen LogP contribution in [-0.2, 0) is 11.2 Å². The fraction of sp³-hybridized carbons (Fsp3) is 0.0667. The van der Waals surface area contributed by atoms with Gasteiger partial charge in [-0.25, -0.2) is 0 Å². The molecule has 108 valence electrons. The van der Waals surface area contributed by atoms with Crippen LogP contribution < -0.4 is 5.73 Å². The number of benzene rings is 1. The molecule has 1 aliphatic heterocycles. The molecule has 0 saturated carbocycles. The standard InChI is InChI=1S/C15H14N2O3S/c16-15(18)14-8-12-11(7-10-3-2-6-17-9-10)4-1-5-13(12)21(14,19)20/h1-6,8-9,19-20H,7H2,(H2,16,18). The molecule has 0 saturated heterocycles. The Morgan fingerprint density at radius 3 is 2.71 bits per heavy atom. The van der Waals surface area contributed by atoms with Gasteiger partial charge in [0, 0.05) is 18.0 Å². The first-order valence-corrected chi connectivity index (χ1v) is 7.85. The van der Waals surface area contributed by atoms with Crippen molar-refractivity contribution in [3.8, 4) is 0 Å². The van der Waals surface area contributed by atoms with Crippen LogP contribution >= 0.6 is 10.6 Å². The average molecular weight is 302 g/mol. The zero-order valence-electron chi connectivity index (χ0n) is 11.1. The van der Waals surface area contributed by atoms with Gasteiger partial charge in [-0.3, -0.25) is 18.9 Å². The summed E-state index contributed by atoms with van der Waals surface area (Å²) in [5, 5.41) is 0. The van der Waals surface area contributed by atoms with Crippen molar-refractivity contribution >= 4 is 22.6 Å². The lowest BCUT2D eigenvalue weighted by molar-refractivity contribution is -0.113. The highest BCUT2D eigenvalue weighted by Gasteiger charge is 2.34. The van der Waals surface area contributed by atoms with E-state index < -0.39 is 16.5 Å². The molecule has 0 bridgehead atoms. The van der Waals surface area contributed by atoms with Crippen molar-refractivity contribution in [1.29, 1.82) is 0 Å². The highest BCUT2D eigenvalue weighted by molar-refractivity contribution is 8.28. The number of pyridine rings is 1. The van der Waals surface area contributed by atoms with Crippen LogP contribution in [0.2, 0.25) is 0 Å². The summed E-state index contributed by atoms with van der Waals surface area (Å²) in [5.41, 5.74) is 7.80. The molecule has 0 fully saturated rings. The monoisotopic (exact) mass is 302 g/mol. The van der Waals surface area contributed by atoms with Crippen molar-refractivity contribution in [2.75, 3.05) is 0 Å². The second-order valence-electron chi connectivity index (χ2n) is 4.79. The summed E-state index contributed by atoms with van der Waals surface area (Å²) in [5.74, 6) is -0.807. The van der Waals surface area contributed by atoms with Gasteiger partial charge in [0.2, 0.25) is 0 Å². The molecular formula is C15H14N2O3S. The van der Waals surface area contributed by atoms with Crippen molar-refractivity contribution in [1.82, 2.24) is 4.98 Å². The number of rotatable bonds is 3. The lowest BCUT2D eigenvalue weighted by Crippen LogP contribution is -2.16. The maximum Gasteiger partial charge on any atom is 0.265 e. The number of amides is 1. The van der Waals surface area contributed by atoms with Gasteiger partial charge >= 0.3 is 0 Å². The predicted molar refractivity (Wildman–Crippen MR) is 81.8 cm³/mol. The number of aromatic nitrogens is 1. The van der Waals surface area contributed by atoms with E-state index in [1.54, 1.807) is 24.5 Å². The maximum atomic E-state index is 11.4. The topological polar surface area (TPSA) is 96.4 Å². The van der Waals surface area contributed by atoms with Crippen LogP contribution in [0.1, 0.15) is 16.7 Å². The molecule has 0 aliphatic carbocycles. The lowest BCUT2D eigenvalue weighted by atomic mass is 10.0. The van der Waals surface area contributed by atoms with Crippen LogP contribution in [0, 0.1) is 0 Å². The van der Waals surface area contributed by atoms with E-state index in [1.165, 1.54) is 6.08 Å². The molecule has 4 N–H and O–H groups in total. The first-order chi connectivity index (χ1) is 10.00. The van der Waals surface area contributed by atoms with Gasteiger partial charge in [0.05, 0.1) is 4.90 Å². The number of nitrogens with two attached hydrogens (primary N) is 1. The van der Waals surface area contributed by atoms with Gasteiger partial charge in [-0.15, -0.1) is 10.6 Å². The molecule has 0 radical (unpaired) electrons. The van der Waals surface area contributed by atoms with Crippen LogP contribution in [0.15, 0.2) is 52.5 Å². The van der Waals surface area contributed by atoms with E-state index in [1.807, 2.05) is 18.2 Å². The number of carbonyl (C=O) groups is 1. The highest BCUT2D eigenvalue weighted by atomic mass is 32.3. The van der Waals surface area contributed by atoms with Crippen molar-refractivity contribution in [3.63, 3.8) is 0 Å². The molecule has 2 heterocycles. The number of carbonyl (C=O) groups excluding carboxylic acids is 1. The molecule has 1 aromatic carbocycles. The van der Waals surface area contributed by atoms with Crippen LogP contribution in [-0.4, -0.2) is 20.0 Å². The summed E-state index contributed by atoms with van der Waals surface area (Å²) in [7, 11) is -3.29. The molecular weight excluding hydrogens is 288 g/mol. The van der Waals surface area contributed by atoms with Crippen LogP contribution in [0.4, 0.5) is 0 Å². The lowest BCUT2D eigenvalue weighted by Gasteiger charge is -2.29. The predicted octanol–water partition coefficient (Wildman–Crippen LogP) is 2.62. The Kier molecular flexibility index (Phi) is 3.29. The minimum atomic E-state index is -3.29. The fourth-order valence-electron chi connectivity index (χ4n) is 2.42. The van der Waals surface area contributed by atoms with Crippen LogP contribution in [0.3, 0.4) is 0 Å². The number of primary amides is 1. The highest BCUT2D eigenvalue weighted by Crippen LogP contribution is 2.61. The Labute approximate surface area is 123 Å². The number of nitrogens with zero attached hydrogens (tertiary/aromatic N) is 1. The molecule has 21 heavy (non-hydrogen) atoms. The third-order valence-corrected chi connectivity index (χ3v) is 5.31. The first kappa shape index (κ1) is 13.8. The second kappa shape index (κ2) is 5.00. The first-order valence-electron chi connectivity index (χ1n) is 6.31. The summed E-state index contributed by atoms with van der Waals surface area (Å²) >= 11 is 0. The molecule has 5 nitrogen and oxygen atoms in total. The molecule has 1 amide bonds. The van der Waals surface area contributed by atoms with E-state index in [0.29, 0.717) is 16.9 Å². The van der Waals surface area contributed by atoms with E-state index in [0.717, 1.165) is 11.1 Å². The molecule has 1 aliphatic rings. The van der Waals surface area contributed by atoms with E-state index in [4.69, 9.17) is 5.73 Å². The molecule has 0 unspecified atom stereocenters. The van der Waals surface area contributed by atoms with Gasteiger partial charge in [0.1, 0.15) is 4.91 Å². The maximum absolute atomic E-state index is 11.4. The molecule has 0 spiro atoms. The summed E-state index contributed by atoms with van der Waals surface area (Å²) in [4.78, 5) is 15.7. The van der Waals surface area contributed by atoms with E-state index in [9.17, 15) is 13.9 Å². The smallest absolute Gasteiger partial charge is 0.265 e. The van der Waals surface area contributed by atoms with Gasteiger partial charge in [-0.05, 0) is 35.8 Å². The Morgan fingerprint density at radius 2 is 2.05 bits per heavy atom. The van der Waals surface area contributed by atoms with Crippen LogP contribution in [0.25, 0.3) is 6.08 Å². The van der Waals surface area contributed by atoms with Crippen molar-refractivity contribution < 1.29 is 13.9 Å². The Balaban J connectivity index is 2.08. The van der Waals surface area contributed by atoms with Gasteiger partial charge in [-0.2, -0.15) is 0 Å². The van der Waals surface area contributed by atoms with Gasteiger partial charge in [0.25, 0.3) is 5.91 Å². The van der Waals surface area contributed by atoms with Crippen molar-refractivity contribution in [2.24, 2.45) is 5.73 Å². The molecule has 6 heteroatoms. The normalized spacial score (nSPS) is 17.0. The number of hydrogen-bond acceptors (Lipinski definition) is 4. The average Bonchev–Trinajstić information content (AvgIpc) is 2.73. The quantitative estimate of drug-likeness (QED) is 0.812. The van der Waals surface area contributed by atoms with Gasteiger partial charge < -0.3 is 5.73 Å². The molecule has 3 rings (SSSR count). The fourth-order valence-corrected chi connectivity index (χ4v) is 3.99. The summed E-state index contributed by atoms with van der Waals surface area (Å²) < 4.78 is 20.4. The minimum absolute atomic E-state index is 0.129.